The highest BCUT2D eigenvalue weighted by atomic mass is 79.9. The lowest BCUT2D eigenvalue weighted by Gasteiger charge is -2.01. The molecule has 1 aromatic carbocycles. The summed E-state index contributed by atoms with van der Waals surface area (Å²) in [5, 5.41) is 10.4. The Hall–Kier alpha value is -1.42. The maximum absolute atomic E-state index is 10.8. The predicted octanol–water partition coefficient (Wildman–Crippen LogP) is 2.70. The number of aromatic nitrogens is 1. The molecule has 0 fully saturated rings. The number of carboxylic acid groups (broad SMARTS) is 1. The van der Waals surface area contributed by atoms with Gasteiger partial charge in [-0.25, -0.2) is 4.79 Å². The zero-order valence-electron chi connectivity index (χ0n) is 7.07. The lowest BCUT2D eigenvalue weighted by atomic mass is 10.1. The fraction of sp³-hybridized carbons (Fsp3) is 0. The molecule has 2 rings (SSSR count). The molecule has 0 spiro atoms. The number of carboxylic acids is 1. The summed E-state index contributed by atoms with van der Waals surface area (Å²) in [7, 11) is 0. The fourth-order valence-electron chi connectivity index (χ4n) is 1.32. The minimum atomic E-state index is -0.953. The standard InChI is InChI=1S/C10H6BrNO2/c11-7-1-2-8-6(3-7)4-12-5-9(8)10(13)14/h1-5H,(H,13,14). The second-order valence-electron chi connectivity index (χ2n) is 2.86. The SMILES string of the molecule is O=C(O)c1cncc2cc(Br)ccc12. The van der Waals surface area contributed by atoms with Crippen LogP contribution in [0.5, 0.6) is 0 Å². The van der Waals surface area contributed by atoms with Crippen molar-refractivity contribution in [1.82, 2.24) is 4.98 Å². The number of carbonyl (C=O) groups is 1. The van der Waals surface area contributed by atoms with E-state index in [2.05, 4.69) is 20.9 Å². The van der Waals surface area contributed by atoms with Gasteiger partial charge in [-0.3, -0.25) is 4.98 Å². The number of fused-ring (bicyclic) bond motifs is 1. The van der Waals surface area contributed by atoms with Crippen LogP contribution >= 0.6 is 15.9 Å². The number of aromatic carboxylic acids is 1. The average molecular weight is 252 g/mol. The summed E-state index contributed by atoms with van der Waals surface area (Å²) in [6.07, 6.45) is 3.01. The highest BCUT2D eigenvalue weighted by molar-refractivity contribution is 9.10. The first kappa shape index (κ1) is 9.15. The summed E-state index contributed by atoms with van der Waals surface area (Å²) in [5.74, 6) is -0.953. The summed E-state index contributed by atoms with van der Waals surface area (Å²) in [5.41, 5.74) is 0.231. The smallest absolute Gasteiger partial charge is 0.337 e. The molecule has 0 aliphatic rings. The number of halogens is 1. The van der Waals surface area contributed by atoms with E-state index in [0.29, 0.717) is 5.39 Å². The highest BCUT2D eigenvalue weighted by Gasteiger charge is 2.08. The molecule has 1 aromatic heterocycles. The maximum atomic E-state index is 10.8. The molecule has 3 nitrogen and oxygen atoms in total. The van der Waals surface area contributed by atoms with Crippen LogP contribution in [0.1, 0.15) is 10.4 Å². The third kappa shape index (κ3) is 1.48. The van der Waals surface area contributed by atoms with Gasteiger partial charge in [0.15, 0.2) is 0 Å². The molecule has 14 heavy (non-hydrogen) atoms. The van der Waals surface area contributed by atoms with Gasteiger partial charge >= 0.3 is 5.97 Å². The van der Waals surface area contributed by atoms with E-state index in [1.165, 1.54) is 6.20 Å². The van der Waals surface area contributed by atoms with Gasteiger partial charge in [0.25, 0.3) is 0 Å². The van der Waals surface area contributed by atoms with Gasteiger partial charge < -0.3 is 5.11 Å². The van der Waals surface area contributed by atoms with Crippen LogP contribution < -0.4 is 0 Å². The van der Waals surface area contributed by atoms with E-state index < -0.39 is 5.97 Å². The summed E-state index contributed by atoms with van der Waals surface area (Å²) in [4.78, 5) is 14.7. The molecule has 0 atom stereocenters. The van der Waals surface area contributed by atoms with Gasteiger partial charge in [-0.15, -0.1) is 0 Å². The van der Waals surface area contributed by atoms with Crippen molar-refractivity contribution in [3.8, 4) is 0 Å². The van der Waals surface area contributed by atoms with Gasteiger partial charge in [0.05, 0.1) is 5.56 Å². The second-order valence-corrected chi connectivity index (χ2v) is 3.77. The van der Waals surface area contributed by atoms with Crippen LogP contribution in [0.2, 0.25) is 0 Å². The largest absolute Gasteiger partial charge is 0.478 e. The van der Waals surface area contributed by atoms with Crippen LogP contribution in [0.25, 0.3) is 10.8 Å². The van der Waals surface area contributed by atoms with Gasteiger partial charge in [0.1, 0.15) is 0 Å². The monoisotopic (exact) mass is 251 g/mol. The number of rotatable bonds is 1. The first-order valence-corrected chi connectivity index (χ1v) is 4.74. The highest BCUT2D eigenvalue weighted by Crippen LogP contribution is 2.21. The molecule has 0 amide bonds. The number of benzene rings is 1. The molecule has 70 valence electrons. The van der Waals surface area contributed by atoms with Gasteiger partial charge in [0, 0.05) is 22.3 Å². The van der Waals surface area contributed by atoms with Crippen molar-refractivity contribution in [2.45, 2.75) is 0 Å². The Morgan fingerprint density at radius 2 is 2.14 bits per heavy atom. The van der Waals surface area contributed by atoms with Crippen LogP contribution in [0.4, 0.5) is 0 Å². The van der Waals surface area contributed by atoms with Crippen LogP contribution in [-0.2, 0) is 0 Å². The second kappa shape index (κ2) is 3.38. The van der Waals surface area contributed by atoms with Gasteiger partial charge in [-0.2, -0.15) is 0 Å². The molecule has 0 radical (unpaired) electrons. The van der Waals surface area contributed by atoms with Crippen LogP contribution in [0, 0.1) is 0 Å². The van der Waals surface area contributed by atoms with E-state index in [-0.39, 0.29) is 5.56 Å². The Morgan fingerprint density at radius 3 is 2.86 bits per heavy atom. The molecule has 2 aromatic rings. The Labute approximate surface area is 88.5 Å². The van der Waals surface area contributed by atoms with Crippen molar-refractivity contribution in [2.24, 2.45) is 0 Å². The Balaban J connectivity index is 2.81. The van der Waals surface area contributed by atoms with Crippen molar-refractivity contribution < 1.29 is 9.90 Å². The van der Waals surface area contributed by atoms with Gasteiger partial charge in [0.2, 0.25) is 0 Å². The normalized spacial score (nSPS) is 10.4. The third-order valence-corrected chi connectivity index (χ3v) is 2.44. The molecular weight excluding hydrogens is 246 g/mol. The Morgan fingerprint density at radius 1 is 1.36 bits per heavy atom. The molecule has 0 bridgehead atoms. The van der Waals surface area contributed by atoms with E-state index in [0.717, 1.165) is 9.86 Å². The number of pyridine rings is 1. The number of nitrogens with zero attached hydrogens (tertiary/aromatic N) is 1. The van der Waals surface area contributed by atoms with Crippen molar-refractivity contribution >= 4 is 32.7 Å². The molecule has 1 heterocycles. The molecule has 0 saturated carbocycles. The Kier molecular flexibility index (Phi) is 2.21. The summed E-state index contributed by atoms with van der Waals surface area (Å²) in [6.45, 7) is 0. The number of hydrogen-bond donors (Lipinski definition) is 1. The summed E-state index contributed by atoms with van der Waals surface area (Å²) >= 11 is 3.32. The van der Waals surface area contributed by atoms with Crippen molar-refractivity contribution in [3.63, 3.8) is 0 Å². The van der Waals surface area contributed by atoms with E-state index >= 15 is 0 Å². The molecule has 1 N–H and O–H groups in total. The van der Waals surface area contributed by atoms with Crippen LogP contribution in [0.3, 0.4) is 0 Å². The molecule has 0 aliphatic carbocycles. The van der Waals surface area contributed by atoms with E-state index in [9.17, 15) is 4.79 Å². The predicted molar refractivity (Wildman–Crippen MR) is 56.4 cm³/mol. The van der Waals surface area contributed by atoms with Gasteiger partial charge in [-0.05, 0) is 17.5 Å². The fourth-order valence-corrected chi connectivity index (χ4v) is 1.70. The van der Waals surface area contributed by atoms with Crippen LogP contribution in [0.15, 0.2) is 35.1 Å². The summed E-state index contributed by atoms with van der Waals surface area (Å²) < 4.78 is 0.911. The average Bonchev–Trinajstić information content (AvgIpc) is 2.16. The van der Waals surface area contributed by atoms with E-state index in [1.807, 2.05) is 12.1 Å². The zero-order chi connectivity index (χ0) is 10.1. The van der Waals surface area contributed by atoms with Crippen molar-refractivity contribution in [3.05, 3.63) is 40.6 Å². The van der Waals surface area contributed by atoms with E-state index in [1.54, 1.807) is 12.3 Å². The third-order valence-electron chi connectivity index (χ3n) is 1.95. The zero-order valence-corrected chi connectivity index (χ0v) is 8.65. The van der Waals surface area contributed by atoms with Crippen molar-refractivity contribution in [1.29, 1.82) is 0 Å². The number of hydrogen-bond acceptors (Lipinski definition) is 2. The first-order valence-electron chi connectivity index (χ1n) is 3.95. The lowest BCUT2D eigenvalue weighted by molar-refractivity contribution is 0.0698. The lowest BCUT2D eigenvalue weighted by Crippen LogP contribution is -1.98. The summed E-state index contributed by atoms with van der Waals surface area (Å²) in [6, 6.07) is 5.42. The molecule has 4 heteroatoms. The van der Waals surface area contributed by atoms with E-state index in [4.69, 9.17) is 5.11 Å². The first-order chi connectivity index (χ1) is 6.68. The maximum Gasteiger partial charge on any atom is 0.337 e. The van der Waals surface area contributed by atoms with Crippen LogP contribution in [-0.4, -0.2) is 16.1 Å². The minimum Gasteiger partial charge on any atom is -0.478 e. The quantitative estimate of drug-likeness (QED) is 0.848. The topological polar surface area (TPSA) is 50.2 Å². The Bertz CT molecular complexity index is 510. The van der Waals surface area contributed by atoms with Gasteiger partial charge in [-0.1, -0.05) is 22.0 Å². The molecule has 0 aliphatic heterocycles. The minimum absolute atomic E-state index is 0.231. The molecule has 0 unspecified atom stereocenters. The molecular formula is C10H6BrNO2. The molecule has 0 saturated heterocycles. The van der Waals surface area contributed by atoms with Crippen molar-refractivity contribution in [2.75, 3.05) is 0 Å².